The minimum Gasteiger partial charge on any atom is -0.505 e. The number of anilines is 1. The second-order valence-electron chi connectivity index (χ2n) is 4.29. The average molecular weight is 236 g/mol. The number of aromatic hydroxyl groups is 1. The van der Waals surface area contributed by atoms with Crippen LogP contribution < -0.4 is 11.1 Å². The molecule has 0 aliphatic carbocycles. The smallest absolute Gasteiger partial charge is 0.227 e. The summed E-state index contributed by atoms with van der Waals surface area (Å²) in [6.07, 6.45) is 1.59. The third kappa shape index (κ3) is 3.75. The van der Waals surface area contributed by atoms with Crippen LogP contribution in [0.4, 0.5) is 5.69 Å². The molecule has 0 aromatic heterocycles. The Hall–Kier alpha value is -1.55. The number of nitrogens with one attached hydrogen (secondary N) is 1. The second-order valence-corrected chi connectivity index (χ2v) is 4.29. The largest absolute Gasteiger partial charge is 0.505 e. The fourth-order valence-electron chi connectivity index (χ4n) is 1.57. The Morgan fingerprint density at radius 3 is 2.88 bits per heavy atom. The van der Waals surface area contributed by atoms with E-state index in [0.717, 1.165) is 18.4 Å². The SMILES string of the molecule is Cc1cccc(NC(=O)C(C)CCCN)c1O. The molecule has 0 heterocycles. The van der Waals surface area contributed by atoms with Gasteiger partial charge in [-0.1, -0.05) is 19.1 Å². The number of phenolic OH excluding ortho intramolecular Hbond substituents is 1. The number of nitrogens with two attached hydrogens (primary N) is 1. The van der Waals surface area contributed by atoms with Crippen molar-refractivity contribution in [1.82, 2.24) is 0 Å². The first-order valence-corrected chi connectivity index (χ1v) is 5.85. The van der Waals surface area contributed by atoms with Crippen LogP contribution in [0, 0.1) is 12.8 Å². The summed E-state index contributed by atoms with van der Waals surface area (Å²) >= 11 is 0. The maximum atomic E-state index is 11.8. The van der Waals surface area contributed by atoms with Crippen molar-refractivity contribution >= 4 is 11.6 Å². The van der Waals surface area contributed by atoms with Gasteiger partial charge >= 0.3 is 0 Å². The quantitative estimate of drug-likeness (QED) is 0.684. The van der Waals surface area contributed by atoms with Gasteiger partial charge in [0.15, 0.2) is 0 Å². The minimum absolute atomic E-state index is 0.0839. The average Bonchev–Trinajstić information content (AvgIpc) is 2.31. The lowest BCUT2D eigenvalue weighted by atomic mass is 10.0. The van der Waals surface area contributed by atoms with E-state index >= 15 is 0 Å². The molecule has 0 bridgehead atoms. The van der Waals surface area contributed by atoms with Gasteiger partial charge in [-0.05, 0) is 37.9 Å². The molecule has 0 spiro atoms. The summed E-state index contributed by atoms with van der Waals surface area (Å²) in [6, 6.07) is 5.29. The van der Waals surface area contributed by atoms with Gasteiger partial charge in [0.1, 0.15) is 5.75 Å². The highest BCUT2D eigenvalue weighted by atomic mass is 16.3. The van der Waals surface area contributed by atoms with E-state index in [1.807, 2.05) is 6.92 Å². The van der Waals surface area contributed by atoms with Gasteiger partial charge in [0.05, 0.1) is 5.69 Å². The van der Waals surface area contributed by atoms with Crippen molar-refractivity contribution < 1.29 is 9.90 Å². The number of aryl methyl sites for hydroxylation is 1. The first-order chi connectivity index (χ1) is 8.06. The maximum absolute atomic E-state index is 11.8. The van der Waals surface area contributed by atoms with Crippen LogP contribution in [0.1, 0.15) is 25.3 Å². The third-order valence-corrected chi connectivity index (χ3v) is 2.78. The summed E-state index contributed by atoms with van der Waals surface area (Å²) < 4.78 is 0. The number of phenols is 1. The summed E-state index contributed by atoms with van der Waals surface area (Å²) in [7, 11) is 0. The molecule has 1 amide bonds. The van der Waals surface area contributed by atoms with E-state index in [-0.39, 0.29) is 17.6 Å². The Morgan fingerprint density at radius 2 is 2.24 bits per heavy atom. The number of benzene rings is 1. The zero-order chi connectivity index (χ0) is 12.8. The third-order valence-electron chi connectivity index (χ3n) is 2.78. The highest BCUT2D eigenvalue weighted by Crippen LogP contribution is 2.27. The maximum Gasteiger partial charge on any atom is 0.227 e. The molecule has 1 atom stereocenters. The Morgan fingerprint density at radius 1 is 1.53 bits per heavy atom. The lowest BCUT2D eigenvalue weighted by Crippen LogP contribution is -2.21. The van der Waals surface area contributed by atoms with Gasteiger partial charge in [0, 0.05) is 5.92 Å². The van der Waals surface area contributed by atoms with Crippen LogP contribution in [0.25, 0.3) is 0 Å². The van der Waals surface area contributed by atoms with Crippen molar-refractivity contribution in [2.45, 2.75) is 26.7 Å². The molecule has 4 nitrogen and oxygen atoms in total. The summed E-state index contributed by atoms with van der Waals surface area (Å²) in [5.41, 5.74) is 6.62. The van der Waals surface area contributed by atoms with Gasteiger partial charge in [-0.3, -0.25) is 4.79 Å². The normalized spacial score (nSPS) is 12.2. The summed E-state index contributed by atoms with van der Waals surface area (Å²) in [6.45, 7) is 4.24. The highest BCUT2D eigenvalue weighted by molar-refractivity contribution is 5.93. The van der Waals surface area contributed by atoms with Gasteiger partial charge in [-0.15, -0.1) is 0 Å². The predicted molar refractivity (Wildman–Crippen MR) is 68.9 cm³/mol. The molecule has 94 valence electrons. The van der Waals surface area contributed by atoms with Gasteiger partial charge in [0.2, 0.25) is 5.91 Å². The van der Waals surface area contributed by atoms with E-state index in [1.165, 1.54) is 0 Å². The number of amides is 1. The van der Waals surface area contributed by atoms with E-state index in [0.29, 0.717) is 12.2 Å². The van der Waals surface area contributed by atoms with Crippen molar-refractivity contribution in [3.05, 3.63) is 23.8 Å². The Balaban J connectivity index is 2.64. The molecule has 1 unspecified atom stereocenters. The molecule has 0 aliphatic heterocycles. The molecule has 17 heavy (non-hydrogen) atoms. The molecule has 4 N–H and O–H groups in total. The van der Waals surface area contributed by atoms with Crippen LogP contribution in [0.5, 0.6) is 5.75 Å². The van der Waals surface area contributed by atoms with Gasteiger partial charge in [-0.25, -0.2) is 0 Å². The molecule has 0 saturated carbocycles. The lowest BCUT2D eigenvalue weighted by Gasteiger charge is -2.13. The molecule has 0 saturated heterocycles. The van der Waals surface area contributed by atoms with E-state index < -0.39 is 0 Å². The Kier molecular flexibility index (Phi) is 4.97. The molecular formula is C13H20N2O2. The van der Waals surface area contributed by atoms with Gasteiger partial charge in [0.25, 0.3) is 0 Å². The fraction of sp³-hybridized carbons (Fsp3) is 0.462. The number of para-hydroxylation sites is 1. The van der Waals surface area contributed by atoms with E-state index in [1.54, 1.807) is 25.1 Å². The summed E-state index contributed by atoms with van der Waals surface area (Å²) in [4.78, 5) is 11.8. The molecular weight excluding hydrogens is 216 g/mol. The number of carbonyl (C=O) groups excluding carboxylic acids is 1. The lowest BCUT2D eigenvalue weighted by molar-refractivity contribution is -0.119. The van der Waals surface area contributed by atoms with Crippen molar-refractivity contribution in [2.75, 3.05) is 11.9 Å². The number of hydrogen-bond donors (Lipinski definition) is 3. The second kappa shape index (κ2) is 6.25. The molecule has 0 radical (unpaired) electrons. The van der Waals surface area contributed by atoms with Crippen LogP contribution in [-0.2, 0) is 4.79 Å². The van der Waals surface area contributed by atoms with Crippen LogP contribution in [0.3, 0.4) is 0 Å². The monoisotopic (exact) mass is 236 g/mol. The van der Waals surface area contributed by atoms with Gasteiger partial charge < -0.3 is 16.2 Å². The van der Waals surface area contributed by atoms with Crippen molar-refractivity contribution in [3.63, 3.8) is 0 Å². The summed E-state index contributed by atoms with van der Waals surface area (Å²) in [5.74, 6) is -0.0512. The van der Waals surface area contributed by atoms with E-state index in [2.05, 4.69) is 5.32 Å². The first kappa shape index (κ1) is 13.5. The van der Waals surface area contributed by atoms with Crippen LogP contribution in [0.2, 0.25) is 0 Å². The number of carbonyl (C=O) groups is 1. The molecule has 1 rings (SSSR count). The predicted octanol–water partition coefficient (Wildman–Crippen LogP) is 2.01. The van der Waals surface area contributed by atoms with Crippen molar-refractivity contribution in [1.29, 1.82) is 0 Å². The van der Waals surface area contributed by atoms with Crippen LogP contribution in [0.15, 0.2) is 18.2 Å². The minimum atomic E-state index is -0.0986. The highest BCUT2D eigenvalue weighted by Gasteiger charge is 2.14. The molecule has 0 aliphatic rings. The zero-order valence-electron chi connectivity index (χ0n) is 10.4. The van der Waals surface area contributed by atoms with E-state index in [9.17, 15) is 9.90 Å². The molecule has 0 fully saturated rings. The summed E-state index contributed by atoms with van der Waals surface area (Å²) in [5, 5.41) is 12.5. The molecule has 1 aromatic rings. The van der Waals surface area contributed by atoms with Crippen LogP contribution in [-0.4, -0.2) is 17.6 Å². The topological polar surface area (TPSA) is 75.4 Å². The zero-order valence-corrected chi connectivity index (χ0v) is 10.4. The van der Waals surface area contributed by atoms with Crippen molar-refractivity contribution in [3.8, 4) is 5.75 Å². The number of hydrogen-bond acceptors (Lipinski definition) is 3. The number of rotatable bonds is 5. The molecule has 1 aromatic carbocycles. The Bertz CT molecular complexity index is 391. The standard InChI is InChI=1S/C13H20N2O2/c1-9-5-3-7-11(12(9)16)15-13(17)10(2)6-4-8-14/h3,5,7,10,16H,4,6,8,14H2,1-2H3,(H,15,17). The Labute approximate surface area is 102 Å². The van der Waals surface area contributed by atoms with Gasteiger partial charge in [-0.2, -0.15) is 0 Å². The molecule has 4 heteroatoms. The first-order valence-electron chi connectivity index (χ1n) is 5.85. The fourth-order valence-corrected chi connectivity index (χ4v) is 1.57. The van der Waals surface area contributed by atoms with Crippen LogP contribution >= 0.6 is 0 Å². The van der Waals surface area contributed by atoms with E-state index in [4.69, 9.17) is 5.73 Å². The van der Waals surface area contributed by atoms with Crippen molar-refractivity contribution in [2.24, 2.45) is 11.7 Å².